The number of carbonyl (C=O) groups is 5. The Morgan fingerprint density at radius 2 is 0.947 bits per heavy atom. The van der Waals surface area contributed by atoms with Crippen LogP contribution in [0.5, 0.6) is 0 Å². The van der Waals surface area contributed by atoms with E-state index in [4.69, 9.17) is 25.5 Å². The molecular formula is C27H30O11. The summed E-state index contributed by atoms with van der Waals surface area (Å²) >= 11 is 0. The summed E-state index contributed by atoms with van der Waals surface area (Å²) in [6, 6.07) is 20.1. The van der Waals surface area contributed by atoms with Crippen LogP contribution >= 0.6 is 0 Å². The zero-order valence-corrected chi connectivity index (χ0v) is 20.4. The number of aliphatic hydroxyl groups excluding tert-OH is 2. The minimum Gasteiger partial charge on any atom is -0.481 e. The maximum Gasteiger partial charge on any atom is 0.343 e. The maximum absolute atomic E-state index is 10.9. The van der Waals surface area contributed by atoms with Crippen LogP contribution in [0.1, 0.15) is 24.0 Å². The maximum atomic E-state index is 10.9. The number of benzene rings is 2. The second kappa shape index (κ2) is 21.4. The Morgan fingerprint density at radius 3 is 1.13 bits per heavy atom. The van der Waals surface area contributed by atoms with Gasteiger partial charge in [0.15, 0.2) is 12.2 Å². The van der Waals surface area contributed by atoms with Crippen LogP contribution in [0.2, 0.25) is 0 Å². The topological polar surface area (TPSA) is 196 Å². The molecule has 2 atom stereocenters. The highest BCUT2D eigenvalue weighted by molar-refractivity contribution is 5.92. The second-order valence-electron chi connectivity index (χ2n) is 6.74. The first-order valence-electron chi connectivity index (χ1n) is 10.6. The third kappa shape index (κ3) is 20.5. The lowest BCUT2D eigenvalue weighted by molar-refractivity contribution is -0.174. The molecule has 0 aromatic heterocycles. The van der Waals surface area contributed by atoms with Gasteiger partial charge in [0.1, 0.15) is 0 Å². The third-order valence-corrected chi connectivity index (χ3v) is 3.73. The first-order chi connectivity index (χ1) is 17.9. The Morgan fingerprint density at radius 1 is 0.658 bits per heavy atom. The van der Waals surface area contributed by atoms with Gasteiger partial charge in [-0.3, -0.25) is 9.59 Å². The molecule has 0 aliphatic carbocycles. The van der Waals surface area contributed by atoms with Crippen molar-refractivity contribution >= 4 is 42.0 Å². The van der Waals surface area contributed by atoms with Crippen molar-refractivity contribution in [2.45, 2.75) is 25.0 Å². The van der Waals surface area contributed by atoms with Crippen LogP contribution in [0.25, 0.3) is 12.2 Å². The van der Waals surface area contributed by atoms with Gasteiger partial charge in [0.2, 0.25) is 0 Å². The standard InChI is InChI=1S/C8H10O9.2C8H8.C3H4O2/c9-3(1-5(11)12)7(15)17-8(16)4(10)2-6(13)14;2*1-2-8-6-4-3-5-7-8;1-2-3(4)5/h3-4,9-10H,1-2H2,(H,11,12)(H,13,14);2*2-7H,1H2;2H,1H2,(H,4,5). The minimum absolute atomic E-state index is 0.833. The third-order valence-electron chi connectivity index (χ3n) is 3.73. The van der Waals surface area contributed by atoms with Gasteiger partial charge in [-0.25, -0.2) is 14.4 Å². The zero-order chi connectivity index (χ0) is 29.5. The average molecular weight is 531 g/mol. The Bertz CT molecular complexity index is 972. The predicted molar refractivity (Wildman–Crippen MR) is 139 cm³/mol. The van der Waals surface area contributed by atoms with Crippen molar-refractivity contribution in [2.24, 2.45) is 0 Å². The molecule has 0 saturated carbocycles. The predicted octanol–water partition coefficient (Wildman–Crippen LogP) is 2.64. The summed E-state index contributed by atoms with van der Waals surface area (Å²) in [4.78, 5) is 51.2. The summed E-state index contributed by atoms with van der Waals surface area (Å²) < 4.78 is 3.87. The van der Waals surface area contributed by atoms with E-state index in [0.29, 0.717) is 0 Å². The van der Waals surface area contributed by atoms with E-state index < -0.39 is 54.9 Å². The Balaban J connectivity index is 0. The fraction of sp³-hybridized carbons (Fsp3) is 0.148. The van der Waals surface area contributed by atoms with E-state index in [9.17, 15) is 24.0 Å². The van der Waals surface area contributed by atoms with Gasteiger partial charge in [-0.2, -0.15) is 0 Å². The molecule has 2 aromatic carbocycles. The molecule has 0 aliphatic heterocycles. The molecular weight excluding hydrogens is 500 g/mol. The number of aliphatic carboxylic acids is 3. The van der Waals surface area contributed by atoms with Gasteiger partial charge < -0.3 is 30.3 Å². The van der Waals surface area contributed by atoms with Gasteiger partial charge in [0, 0.05) is 6.08 Å². The molecule has 2 aromatic rings. The Hall–Kier alpha value is -4.87. The molecule has 204 valence electrons. The average Bonchev–Trinajstić information content (AvgIpc) is 2.89. The summed E-state index contributed by atoms with van der Waals surface area (Å²) in [5.74, 6) is -7.10. The molecule has 0 heterocycles. The smallest absolute Gasteiger partial charge is 0.343 e. The number of carboxylic acid groups (broad SMARTS) is 3. The number of hydrogen-bond donors (Lipinski definition) is 5. The van der Waals surface area contributed by atoms with E-state index in [2.05, 4.69) is 24.5 Å². The molecule has 11 heteroatoms. The van der Waals surface area contributed by atoms with Gasteiger partial charge in [-0.05, 0) is 11.1 Å². The number of carbonyl (C=O) groups excluding carboxylic acids is 2. The quantitative estimate of drug-likeness (QED) is 0.182. The second-order valence-corrected chi connectivity index (χ2v) is 6.74. The molecule has 0 spiro atoms. The highest BCUT2D eigenvalue weighted by Crippen LogP contribution is 2.01. The lowest BCUT2D eigenvalue weighted by atomic mass is 10.2. The highest BCUT2D eigenvalue weighted by Gasteiger charge is 2.27. The number of aliphatic hydroxyl groups is 2. The molecule has 0 amide bonds. The summed E-state index contributed by atoms with van der Waals surface area (Å²) in [7, 11) is 0. The van der Waals surface area contributed by atoms with Crippen molar-refractivity contribution < 1.29 is 54.2 Å². The van der Waals surface area contributed by atoms with E-state index in [1.54, 1.807) is 0 Å². The number of hydrogen-bond acceptors (Lipinski definition) is 8. The zero-order valence-electron chi connectivity index (χ0n) is 20.4. The van der Waals surface area contributed by atoms with E-state index in [1.807, 2.05) is 72.8 Å². The van der Waals surface area contributed by atoms with E-state index in [1.165, 1.54) is 11.1 Å². The summed E-state index contributed by atoms with van der Waals surface area (Å²) in [5, 5.41) is 41.8. The number of carboxylic acids is 3. The summed E-state index contributed by atoms with van der Waals surface area (Å²) in [6.45, 7) is 10.2. The fourth-order valence-corrected chi connectivity index (χ4v) is 1.91. The molecule has 38 heavy (non-hydrogen) atoms. The largest absolute Gasteiger partial charge is 0.481 e. The van der Waals surface area contributed by atoms with Gasteiger partial charge >= 0.3 is 29.8 Å². The Kier molecular flexibility index (Phi) is 19.9. The van der Waals surface area contributed by atoms with Crippen molar-refractivity contribution in [1.29, 1.82) is 0 Å². The lowest BCUT2D eigenvalue weighted by Gasteiger charge is -2.09. The fourth-order valence-electron chi connectivity index (χ4n) is 1.91. The molecule has 2 rings (SSSR count). The lowest BCUT2D eigenvalue weighted by Crippen LogP contribution is -2.33. The number of rotatable bonds is 9. The van der Waals surface area contributed by atoms with Crippen molar-refractivity contribution in [1.82, 2.24) is 0 Å². The van der Waals surface area contributed by atoms with Crippen LogP contribution in [-0.4, -0.2) is 67.6 Å². The van der Waals surface area contributed by atoms with Crippen LogP contribution in [0, 0.1) is 0 Å². The molecule has 0 aliphatic rings. The van der Waals surface area contributed by atoms with Crippen LogP contribution in [0.3, 0.4) is 0 Å². The molecule has 11 nitrogen and oxygen atoms in total. The highest BCUT2D eigenvalue weighted by atomic mass is 16.6. The van der Waals surface area contributed by atoms with E-state index in [0.717, 1.165) is 6.08 Å². The van der Waals surface area contributed by atoms with Crippen LogP contribution in [0.4, 0.5) is 0 Å². The normalized spacial score (nSPS) is 10.5. The molecule has 0 saturated heterocycles. The van der Waals surface area contributed by atoms with Gasteiger partial charge in [0.25, 0.3) is 0 Å². The molecule has 0 radical (unpaired) electrons. The van der Waals surface area contributed by atoms with Gasteiger partial charge in [-0.1, -0.05) is 92.6 Å². The molecule has 5 N–H and O–H groups in total. The van der Waals surface area contributed by atoms with Crippen LogP contribution < -0.4 is 0 Å². The van der Waals surface area contributed by atoms with Crippen molar-refractivity contribution in [3.05, 3.63) is 97.6 Å². The van der Waals surface area contributed by atoms with Crippen LogP contribution in [0.15, 0.2) is 86.5 Å². The minimum atomic E-state index is -2.06. The first-order valence-corrected chi connectivity index (χ1v) is 10.6. The molecule has 2 unspecified atom stereocenters. The molecule has 0 bridgehead atoms. The van der Waals surface area contributed by atoms with Crippen molar-refractivity contribution in [3.63, 3.8) is 0 Å². The van der Waals surface area contributed by atoms with Crippen molar-refractivity contribution in [3.8, 4) is 0 Å². The van der Waals surface area contributed by atoms with Gasteiger partial charge in [-0.15, -0.1) is 0 Å². The SMILES string of the molecule is C=CC(=O)O.C=Cc1ccccc1.C=Cc1ccccc1.O=C(O)CC(O)C(=O)OC(=O)C(O)CC(=O)O. The Labute approximate surface area is 219 Å². The van der Waals surface area contributed by atoms with Crippen molar-refractivity contribution in [2.75, 3.05) is 0 Å². The number of esters is 2. The summed E-state index contributed by atoms with van der Waals surface area (Å²) in [5.41, 5.74) is 2.35. The first kappa shape index (κ1) is 35.3. The van der Waals surface area contributed by atoms with Crippen LogP contribution in [-0.2, 0) is 28.7 Å². The number of ether oxygens (including phenoxy) is 1. The van der Waals surface area contributed by atoms with Gasteiger partial charge in [0.05, 0.1) is 12.8 Å². The van der Waals surface area contributed by atoms with E-state index >= 15 is 0 Å². The summed E-state index contributed by atoms with van der Waals surface area (Å²) in [6.07, 6.45) is -1.57. The monoisotopic (exact) mass is 530 g/mol. The molecule has 0 fully saturated rings. The van der Waals surface area contributed by atoms with E-state index in [-0.39, 0.29) is 0 Å².